The lowest BCUT2D eigenvalue weighted by Crippen LogP contribution is -2.05. The molecule has 6 heteroatoms. The average molecular weight is 338 g/mol. The van der Waals surface area contributed by atoms with Crippen molar-refractivity contribution in [3.05, 3.63) is 74.0 Å². The summed E-state index contributed by atoms with van der Waals surface area (Å²) in [6.45, 7) is 0. The Kier molecular flexibility index (Phi) is 4.24. The highest BCUT2D eigenvalue weighted by Gasteiger charge is 2.13. The SMILES string of the molecule is O=C(Cc1ccc([N+](=O)[O-])cc1)c1cc(F)ccc1Br. The topological polar surface area (TPSA) is 60.2 Å². The third-order valence-electron chi connectivity index (χ3n) is 2.74. The van der Waals surface area contributed by atoms with Crippen molar-refractivity contribution < 1.29 is 14.1 Å². The maximum atomic E-state index is 13.1. The Morgan fingerprint density at radius 2 is 1.85 bits per heavy atom. The summed E-state index contributed by atoms with van der Waals surface area (Å²) in [4.78, 5) is 22.1. The summed E-state index contributed by atoms with van der Waals surface area (Å²) in [7, 11) is 0. The number of non-ortho nitro benzene ring substituents is 1. The van der Waals surface area contributed by atoms with Crippen LogP contribution >= 0.6 is 15.9 Å². The summed E-state index contributed by atoms with van der Waals surface area (Å²) in [5.74, 6) is -0.745. The molecule has 0 aliphatic rings. The van der Waals surface area contributed by atoms with Gasteiger partial charge in [-0.15, -0.1) is 0 Å². The minimum absolute atomic E-state index is 0.0341. The lowest BCUT2D eigenvalue weighted by molar-refractivity contribution is -0.384. The van der Waals surface area contributed by atoms with E-state index < -0.39 is 10.7 Å². The quantitative estimate of drug-likeness (QED) is 0.482. The molecule has 0 spiro atoms. The highest BCUT2D eigenvalue weighted by molar-refractivity contribution is 9.10. The number of rotatable bonds is 4. The molecule has 4 nitrogen and oxygen atoms in total. The summed E-state index contributed by atoms with van der Waals surface area (Å²) < 4.78 is 13.7. The molecule has 2 aromatic carbocycles. The number of carbonyl (C=O) groups is 1. The van der Waals surface area contributed by atoms with Crippen LogP contribution in [0.1, 0.15) is 15.9 Å². The van der Waals surface area contributed by atoms with Crippen LogP contribution in [0.2, 0.25) is 0 Å². The molecule has 0 aliphatic carbocycles. The number of benzene rings is 2. The second-order valence-corrected chi connectivity index (χ2v) is 5.00. The fraction of sp³-hybridized carbons (Fsp3) is 0.0714. The molecule has 0 aromatic heterocycles. The number of ketones is 1. The van der Waals surface area contributed by atoms with E-state index in [1.54, 1.807) is 0 Å². The summed E-state index contributed by atoms with van der Waals surface area (Å²) in [6, 6.07) is 9.60. The number of nitro benzene ring substituents is 1. The molecular weight excluding hydrogens is 329 g/mol. The van der Waals surface area contributed by atoms with Gasteiger partial charge in [-0.2, -0.15) is 0 Å². The Morgan fingerprint density at radius 3 is 2.45 bits per heavy atom. The van der Waals surface area contributed by atoms with Gasteiger partial charge in [0.1, 0.15) is 5.82 Å². The molecule has 0 unspecified atom stereocenters. The van der Waals surface area contributed by atoms with E-state index in [0.29, 0.717) is 10.0 Å². The van der Waals surface area contributed by atoms with Gasteiger partial charge in [0.15, 0.2) is 5.78 Å². The molecule has 0 amide bonds. The van der Waals surface area contributed by atoms with Crippen molar-refractivity contribution in [3.8, 4) is 0 Å². The monoisotopic (exact) mass is 337 g/mol. The number of carbonyl (C=O) groups excluding carboxylic acids is 1. The minimum Gasteiger partial charge on any atom is -0.294 e. The van der Waals surface area contributed by atoms with Crippen LogP contribution in [0.4, 0.5) is 10.1 Å². The van der Waals surface area contributed by atoms with Crippen LogP contribution in [0, 0.1) is 15.9 Å². The molecule has 0 atom stereocenters. The maximum Gasteiger partial charge on any atom is 0.269 e. The first kappa shape index (κ1) is 14.3. The van der Waals surface area contributed by atoms with Crippen molar-refractivity contribution in [2.24, 2.45) is 0 Å². The number of Topliss-reactive ketones (excluding diaryl/α,β-unsaturated/α-hetero) is 1. The summed E-state index contributed by atoms with van der Waals surface area (Å²) >= 11 is 3.20. The van der Waals surface area contributed by atoms with Gasteiger partial charge in [0, 0.05) is 28.6 Å². The van der Waals surface area contributed by atoms with Crippen LogP contribution in [0.5, 0.6) is 0 Å². The average Bonchev–Trinajstić information content (AvgIpc) is 2.42. The fourth-order valence-electron chi connectivity index (χ4n) is 1.73. The molecule has 102 valence electrons. The molecule has 20 heavy (non-hydrogen) atoms. The Hall–Kier alpha value is -2.08. The van der Waals surface area contributed by atoms with Gasteiger partial charge in [0.05, 0.1) is 4.92 Å². The zero-order chi connectivity index (χ0) is 14.7. The standard InChI is InChI=1S/C14H9BrFNO3/c15-13-6-3-10(16)8-12(13)14(18)7-9-1-4-11(5-2-9)17(19)20/h1-6,8H,7H2. The van der Waals surface area contributed by atoms with Gasteiger partial charge < -0.3 is 0 Å². The first-order valence-electron chi connectivity index (χ1n) is 5.69. The van der Waals surface area contributed by atoms with Crippen LogP contribution in [-0.2, 0) is 6.42 Å². The van der Waals surface area contributed by atoms with Crippen LogP contribution in [0.25, 0.3) is 0 Å². The van der Waals surface area contributed by atoms with E-state index >= 15 is 0 Å². The third-order valence-corrected chi connectivity index (χ3v) is 3.43. The van der Waals surface area contributed by atoms with E-state index in [2.05, 4.69) is 15.9 Å². The molecule has 0 aliphatic heterocycles. The largest absolute Gasteiger partial charge is 0.294 e. The second-order valence-electron chi connectivity index (χ2n) is 4.15. The zero-order valence-electron chi connectivity index (χ0n) is 10.2. The van der Waals surface area contributed by atoms with Crippen molar-refractivity contribution in [1.82, 2.24) is 0 Å². The lowest BCUT2D eigenvalue weighted by atomic mass is 10.0. The summed E-state index contributed by atoms with van der Waals surface area (Å²) in [5.41, 5.74) is 0.855. The Morgan fingerprint density at radius 1 is 1.20 bits per heavy atom. The first-order valence-corrected chi connectivity index (χ1v) is 6.48. The van der Waals surface area contributed by atoms with Gasteiger partial charge in [0.25, 0.3) is 5.69 Å². The molecule has 0 saturated heterocycles. The zero-order valence-corrected chi connectivity index (χ0v) is 11.8. The lowest BCUT2D eigenvalue weighted by Gasteiger charge is -2.04. The van der Waals surface area contributed by atoms with Gasteiger partial charge in [-0.05, 0) is 23.8 Å². The number of hydrogen-bond donors (Lipinski definition) is 0. The Balaban J connectivity index is 2.19. The van der Waals surface area contributed by atoms with E-state index in [-0.39, 0.29) is 23.5 Å². The summed E-state index contributed by atoms with van der Waals surface area (Å²) in [6.07, 6.45) is 0.0556. The highest BCUT2D eigenvalue weighted by Crippen LogP contribution is 2.20. The normalized spacial score (nSPS) is 10.3. The van der Waals surface area contributed by atoms with Crippen LogP contribution in [0.15, 0.2) is 46.9 Å². The van der Waals surface area contributed by atoms with Crippen LogP contribution in [0.3, 0.4) is 0 Å². The molecule has 0 saturated carbocycles. The maximum absolute atomic E-state index is 13.1. The van der Waals surface area contributed by atoms with E-state index in [1.165, 1.54) is 36.4 Å². The number of nitro groups is 1. The fourth-order valence-corrected chi connectivity index (χ4v) is 2.20. The number of halogens is 2. The first-order chi connectivity index (χ1) is 9.47. The smallest absolute Gasteiger partial charge is 0.269 e. The van der Waals surface area contributed by atoms with Crippen molar-refractivity contribution in [2.75, 3.05) is 0 Å². The number of nitrogens with zero attached hydrogens (tertiary/aromatic N) is 1. The predicted molar refractivity (Wildman–Crippen MR) is 75.2 cm³/mol. The highest BCUT2D eigenvalue weighted by atomic mass is 79.9. The molecule has 0 N–H and O–H groups in total. The van der Waals surface area contributed by atoms with Crippen molar-refractivity contribution in [2.45, 2.75) is 6.42 Å². The van der Waals surface area contributed by atoms with Gasteiger partial charge >= 0.3 is 0 Å². The molecule has 0 fully saturated rings. The van der Waals surface area contributed by atoms with Gasteiger partial charge in [-0.3, -0.25) is 14.9 Å². The van der Waals surface area contributed by atoms with Crippen molar-refractivity contribution in [1.29, 1.82) is 0 Å². The predicted octanol–water partition coefficient (Wildman–Crippen LogP) is 3.92. The van der Waals surface area contributed by atoms with Crippen LogP contribution in [-0.4, -0.2) is 10.7 Å². The Labute approximate surface area is 122 Å². The van der Waals surface area contributed by atoms with E-state index in [9.17, 15) is 19.3 Å². The molecule has 0 bridgehead atoms. The molecule has 0 radical (unpaired) electrons. The third kappa shape index (κ3) is 3.27. The van der Waals surface area contributed by atoms with Crippen LogP contribution < -0.4 is 0 Å². The molecule has 0 heterocycles. The van der Waals surface area contributed by atoms with Gasteiger partial charge in [0.2, 0.25) is 0 Å². The number of hydrogen-bond acceptors (Lipinski definition) is 3. The van der Waals surface area contributed by atoms with E-state index in [4.69, 9.17) is 0 Å². The van der Waals surface area contributed by atoms with E-state index in [1.807, 2.05) is 0 Å². The minimum atomic E-state index is -0.505. The molecule has 2 aromatic rings. The van der Waals surface area contributed by atoms with Gasteiger partial charge in [-0.25, -0.2) is 4.39 Å². The van der Waals surface area contributed by atoms with Crippen molar-refractivity contribution >= 4 is 27.4 Å². The Bertz CT molecular complexity index is 671. The molecular formula is C14H9BrFNO3. The molecule has 2 rings (SSSR count). The summed E-state index contributed by atoms with van der Waals surface area (Å²) in [5, 5.41) is 10.5. The van der Waals surface area contributed by atoms with Crippen molar-refractivity contribution in [3.63, 3.8) is 0 Å². The second kappa shape index (κ2) is 5.92. The van der Waals surface area contributed by atoms with Gasteiger partial charge in [-0.1, -0.05) is 28.1 Å². The van der Waals surface area contributed by atoms with E-state index in [0.717, 1.165) is 6.07 Å².